The van der Waals surface area contributed by atoms with Crippen molar-refractivity contribution in [3.05, 3.63) is 64.1 Å². The van der Waals surface area contributed by atoms with Crippen LogP contribution in [0, 0.1) is 0 Å². The Labute approximate surface area is 114 Å². The second-order valence-electron chi connectivity index (χ2n) is 4.50. The van der Waals surface area contributed by atoms with Crippen LogP contribution in [0.25, 0.3) is 11.0 Å². The van der Waals surface area contributed by atoms with Gasteiger partial charge in [-0.05, 0) is 30.3 Å². The molecule has 3 rings (SSSR count). The summed E-state index contributed by atoms with van der Waals surface area (Å²) in [7, 11) is 1.81. The number of carbonyl (C=O) groups is 1. The summed E-state index contributed by atoms with van der Waals surface area (Å²) in [4.78, 5) is 29.0. The van der Waals surface area contributed by atoms with E-state index in [1.807, 2.05) is 12.1 Å². The van der Waals surface area contributed by atoms with Crippen LogP contribution in [0.5, 0.6) is 0 Å². The second-order valence-corrected chi connectivity index (χ2v) is 4.50. The lowest BCUT2D eigenvalue weighted by Gasteiger charge is -2.04. The summed E-state index contributed by atoms with van der Waals surface area (Å²) in [5.41, 5.74) is 3.07. The SMILES string of the molecule is CNc1cccc(C(=O)c2ccc3[nH]c(=O)[nH]c3c2)c1. The van der Waals surface area contributed by atoms with Crippen molar-refractivity contribution in [1.82, 2.24) is 9.97 Å². The first-order chi connectivity index (χ1) is 9.67. The van der Waals surface area contributed by atoms with Gasteiger partial charge in [-0.2, -0.15) is 0 Å². The van der Waals surface area contributed by atoms with Gasteiger partial charge in [0, 0.05) is 23.9 Å². The molecular weight excluding hydrogens is 254 g/mol. The number of anilines is 1. The number of nitrogens with one attached hydrogen (secondary N) is 3. The predicted octanol–water partition coefficient (Wildman–Crippen LogP) is 2.13. The highest BCUT2D eigenvalue weighted by atomic mass is 16.1. The lowest BCUT2D eigenvalue weighted by Crippen LogP contribution is -2.02. The third-order valence-corrected chi connectivity index (χ3v) is 3.19. The Morgan fingerprint density at radius 3 is 2.55 bits per heavy atom. The highest BCUT2D eigenvalue weighted by molar-refractivity contribution is 6.10. The second kappa shape index (κ2) is 4.70. The monoisotopic (exact) mass is 267 g/mol. The molecule has 2 aromatic carbocycles. The summed E-state index contributed by atoms with van der Waals surface area (Å²) in [5, 5.41) is 3.00. The Morgan fingerprint density at radius 1 is 1.00 bits per heavy atom. The van der Waals surface area contributed by atoms with Gasteiger partial charge in [-0.25, -0.2) is 4.79 Å². The third-order valence-electron chi connectivity index (χ3n) is 3.19. The van der Waals surface area contributed by atoms with Crippen LogP contribution in [0.2, 0.25) is 0 Å². The number of hydrogen-bond acceptors (Lipinski definition) is 3. The molecule has 5 heteroatoms. The van der Waals surface area contributed by atoms with Crippen LogP contribution in [-0.2, 0) is 0 Å². The Hall–Kier alpha value is -2.82. The van der Waals surface area contributed by atoms with E-state index in [9.17, 15) is 9.59 Å². The van der Waals surface area contributed by atoms with Crippen molar-refractivity contribution >= 4 is 22.5 Å². The minimum Gasteiger partial charge on any atom is -0.388 e. The molecule has 0 bridgehead atoms. The molecular formula is C15H13N3O2. The van der Waals surface area contributed by atoms with Gasteiger partial charge in [0.1, 0.15) is 0 Å². The highest BCUT2D eigenvalue weighted by Crippen LogP contribution is 2.17. The van der Waals surface area contributed by atoms with Gasteiger partial charge >= 0.3 is 5.69 Å². The number of carbonyl (C=O) groups excluding carboxylic acids is 1. The van der Waals surface area contributed by atoms with Gasteiger partial charge in [0.15, 0.2) is 5.78 Å². The predicted molar refractivity (Wildman–Crippen MR) is 78.3 cm³/mol. The first kappa shape index (κ1) is 12.2. The zero-order valence-electron chi connectivity index (χ0n) is 10.9. The van der Waals surface area contributed by atoms with E-state index in [1.54, 1.807) is 37.4 Å². The zero-order valence-corrected chi connectivity index (χ0v) is 10.9. The molecule has 0 saturated heterocycles. The van der Waals surface area contributed by atoms with Crippen LogP contribution in [0.3, 0.4) is 0 Å². The molecule has 0 unspecified atom stereocenters. The van der Waals surface area contributed by atoms with Crippen molar-refractivity contribution in [3.63, 3.8) is 0 Å². The highest BCUT2D eigenvalue weighted by Gasteiger charge is 2.11. The van der Waals surface area contributed by atoms with E-state index in [0.29, 0.717) is 22.2 Å². The molecule has 0 radical (unpaired) electrons. The van der Waals surface area contributed by atoms with Crippen molar-refractivity contribution in [3.8, 4) is 0 Å². The molecule has 5 nitrogen and oxygen atoms in total. The Balaban J connectivity index is 2.04. The summed E-state index contributed by atoms with van der Waals surface area (Å²) >= 11 is 0. The minimum absolute atomic E-state index is 0.0777. The van der Waals surface area contributed by atoms with Crippen LogP contribution < -0.4 is 11.0 Å². The summed E-state index contributed by atoms with van der Waals surface area (Å²) < 4.78 is 0. The Morgan fingerprint density at radius 2 is 1.75 bits per heavy atom. The largest absolute Gasteiger partial charge is 0.388 e. The number of imidazole rings is 1. The molecule has 0 fully saturated rings. The van der Waals surface area contributed by atoms with E-state index in [0.717, 1.165) is 5.69 Å². The van der Waals surface area contributed by atoms with Crippen molar-refractivity contribution < 1.29 is 4.79 Å². The standard InChI is InChI=1S/C15H13N3O2/c1-16-11-4-2-3-9(7-11)14(19)10-5-6-12-13(8-10)18-15(20)17-12/h2-8,16H,1H3,(H2,17,18,20). The molecule has 0 aliphatic heterocycles. The van der Waals surface area contributed by atoms with E-state index in [2.05, 4.69) is 15.3 Å². The van der Waals surface area contributed by atoms with Gasteiger partial charge in [-0.15, -0.1) is 0 Å². The van der Waals surface area contributed by atoms with E-state index in [1.165, 1.54) is 0 Å². The van der Waals surface area contributed by atoms with Gasteiger partial charge in [-0.3, -0.25) is 4.79 Å². The van der Waals surface area contributed by atoms with E-state index in [-0.39, 0.29) is 11.5 Å². The van der Waals surface area contributed by atoms with Crippen molar-refractivity contribution in [2.45, 2.75) is 0 Å². The van der Waals surface area contributed by atoms with Gasteiger partial charge in [0.05, 0.1) is 11.0 Å². The van der Waals surface area contributed by atoms with Gasteiger partial charge in [-0.1, -0.05) is 12.1 Å². The zero-order chi connectivity index (χ0) is 14.1. The van der Waals surface area contributed by atoms with Gasteiger partial charge < -0.3 is 15.3 Å². The summed E-state index contributed by atoms with van der Waals surface area (Å²) in [5.74, 6) is -0.0777. The summed E-state index contributed by atoms with van der Waals surface area (Å²) in [6.07, 6.45) is 0. The van der Waals surface area contributed by atoms with Crippen LogP contribution in [0.1, 0.15) is 15.9 Å². The molecule has 100 valence electrons. The topological polar surface area (TPSA) is 77.8 Å². The number of hydrogen-bond donors (Lipinski definition) is 3. The average molecular weight is 267 g/mol. The van der Waals surface area contributed by atoms with Gasteiger partial charge in [0.2, 0.25) is 0 Å². The van der Waals surface area contributed by atoms with Gasteiger partial charge in [0.25, 0.3) is 0 Å². The summed E-state index contributed by atoms with van der Waals surface area (Å²) in [6, 6.07) is 12.4. The van der Waals surface area contributed by atoms with Crippen LogP contribution in [0.4, 0.5) is 5.69 Å². The Bertz CT molecular complexity index is 845. The molecule has 3 aromatic rings. The number of rotatable bonds is 3. The molecule has 20 heavy (non-hydrogen) atoms. The van der Waals surface area contributed by atoms with E-state index in [4.69, 9.17) is 0 Å². The number of fused-ring (bicyclic) bond motifs is 1. The fraction of sp³-hybridized carbons (Fsp3) is 0.0667. The molecule has 1 aromatic heterocycles. The summed E-state index contributed by atoms with van der Waals surface area (Å²) in [6.45, 7) is 0. The normalized spacial score (nSPS) is 10.7. The fourth-order valence-electron chi connectivity index (χ4n) is 2.16. The maximum atomic E-state index is 12.4. The molecule has 0 aliphatic rings. The maximum Gasteiger partial charge on any atom is 0.323 e. The first-order valence-electron chi connectivity index (χ1n) is 6.22. The number of aromatic nitrogens is 2. The van der Waals surface area contributed by atoms with Crippen molar-refractivity contribution in [2.75, 3.05) is 12.4 Å². The number of ketones is 1. The fourth-order valence-corrected chi connectivity index (χ4v) is 2.16. The van der Waals surface area contributed by atoms with Crippen LogP contribution in [-0.4, -0.2) is 22.8 Å². The smallest absolute Gasteiger partial charge is 0.323 e. The molecule has 0 amide bonds. The maximum absolute atomic E-state index is 12.4. The minimum atomic E-state index is -0.276. The molecule has 0 spiro atoms. The molecule has 3 N–H and O–H groups in total. The van der Waals surface area contributed by atoms with Crippen molar-refractivity contribution in [2.24, 2.45) is 0 Å². The van der Waals surface area contributed by atoms with E-state index >= 15 is 0 Å². The number of aromatic amines is 2. The molecule has 0 aliphatic carbocycles. The number of benzene rings is 2. The van der Waals surface area contributed by atoms with Crippen LogP contribution >= 0.6 is 0 Å². The van der Waals surface area contributed by atoms with E-state index < -0.39 is 0 Å². The molecule has 0 atom stereocenters. The average Bonchev–Trinajstić information content (AvgIpc) is 2.85. The van der Waals surface area contributed by atoms with Crippen molar-refractivity contribution in [1.29, 1.82) is 0 Å². The number of H-pyrrole nitrogens is 2. The first-order valence-corrected chi connectivity index (χ1v) is 6.22. The lowest BCUT2D eigenvalue weighted by atomic mass is 10.0. The lowest BCUT2D eigenvalue weighted by molar-refractivity contribution is 0.103. The molecule has 1 heterocycles. The van der Waals surface area contributed by atoms with Crippen LogP contribution in [0.15, 0.2) is 47.3 Å². The third kappa shape index (κ3) is 2.09. The Kier molecular flexibility index (Phi) is 2.87. The molecule has 0 saturated carbocycles. The quantitative estimate of drug-likeness (QED) is 0.636.